The molecular weight excluding hydrogens is 346 g/mol. The lowest BCUT2D eigenvalue weighted by Gasteiger charge is -2.19. The van der Waals surface area contributed by atoms with Crippen LogP contribution in [0.5, 0.6) is 5.75 Å². The molecule has 0 unspecified atom stereocenters. The van der Waals surface area contributed by atoms with E-state index < -0.39 is 10.0 Å². The monoisotopic (exact) mass is 369 g/mol. The number of phenolic OH excluding ortho intramolecular Hbond substituents is 1. The van der Waals surface area contributed by atoms with Crippen LogP contribution in [0.3, 0.4) is 0 Å². The lowest BCUT2D eigenvalue weighted by Crippen LogP contribution is -2.23. The largest absolute Gasteiger partial charge is 0.507 e. The van der Waals surface area contributed by atoms with Crippen LogP contribution in [0, 0.1) is 0 Å². The summed E-state index contributed by atoms with van der Waals surface area (Å²) in [7, 11) is -3.70. The molecule has 0 radical (unpaired) electrons. The molecule has 0 amide bonds. The SMILES string of the molecule is CC(C)(C)c1ccc(CNS(=O)(=O)c2cccc3c(O)cccc23)cc1. The molecule has 136 valence electrons. The highest BCUT2D eigenvalue weighted by atomic mass is 32.2. The van der Waals surface area contributed by atoms with E-state index in [1.54, 1.807) is 36.4 Å². The summed E-state index contributed by atoms with van der Waals surface area (Å²) in [4.78, 5) is 0.164. The number of hydrogen-bond acceptors (Lipinski definition) is 3. The third-order valence-electron chi connectivity index (χ3n) is 4.43. The fourth-order valence-corrected chi connectivity index (χ4v) is 4.11. The summed E-state index contributed by atoms with van der Waals surface area (Å²) in [6.07, 6.45) is 0. The first-order valence-electron chi connectivity index (χ1n) is 8.48. The van der Waals surface area contributed by atoms with Gasteiger partial charge in [0.15, 0.2) is 0 Å². The molecule has 0 saturated carbocycles. The predicted octanol–water partition coefficient (Wildman–Crippen LogP) is 4.32. The van der Waals surface area contributed by atoms with Crippen molar-refractivity contribution in [3.8, 4) is 5.75 Å². The first-order valence-corrected chi connectivity index (χ1v) is 9.96. The van der Waals surface area contributed by atoms with E-state index >= 15 is 0 Å². The first kappa shape index (κ1) is 18.4. The van der Waals surface area contributed by atoms with Gasteiger partial charge in [0, 0.05) is 17.3 Å². The number of sulfonamides is 1. The molecule has 0 fully saturated rings. The molecule has 3 rings (SSSR count). The van der Waals surface area contributed by atoms with Crippen molar-refractivity contribution >= 4 is 20.8 Å². The third kappa shape index (κ3) is 3.74. The normalized spacial score (nSPS) is 12.4. The molecule has 3 aromatic rings. The smallest absolute Gasteiger partial charge is 0.241 e. The van der Waals surface area contributed by atoms with Crippen LogP contribution in [0.2, 0.25) is 0 Å². The molecule has 26 heavy (non-hydrogen) atoms. The van der Waals surface area contributed by atoms with Gasteiger partial charge in [-0.1, -0.05) is 69.3 Å². The number of nitrogens with one attached hydrogen (secondary N) is 1. The minimum absolute atomic E-state index is 0.0585. The van der Waals surface area contributed by atoms with E-state index in [0.717, 1.165) is 5.56 Å². The van der Waals surface area contributed by atoms with Gasteiger partial charge in [-0.25, -0.2) is 13.1 Å². The topological polar surface area (TPSA) is 66.4 Å². The van der Waals surface area contributed by atoms with Crippen molar-refractivity contribution in [2.45, 2.75) is 37.6 Å². The predicted molar refractivity (Wildman–Crippen MR) is 105 cm³/mol. The average Bonchev–Trinajstić information content (AvgIpc) is 2.59. The van der Waals surface area contributed by atoms with Crippen LogP contribution >= 0.6 is 0 Å². The van der Waals surface area contributed by atoms with Crippen molar-refractivity contribution in [3.63, 3.8) is 0 Å². The number of hydrogen-bond donors (Lipinski definition) is 2. The highest BCUT2D eigenvalue weighted by Gasteiger charge is 2.18. The molecule has 0 saturated heterocycles. The van der Waals surface area contributed by atoms with Crippen molar-refractivity contribution in [2.24, 2.45) is 0 Å². The molecule has 0 aliphatic heterocycles. The zero-order chi connectivity index (χ0) is 18.9. The first-order chi connectivity index (χ1) is 12.2. The van der Waals surface area contributed by atoms with Gasteiger partial charge in [0.25, 0.3) is 0 Å². The Morgan fingerprint density at radius 3 is 2.15 bits per heavy atom. The van der Waals surface area contributed by atoms with Crippen molar-refractivity contribution in [1.29, 1.82) is 0 Å². The molecule has 0 spiro atoms. The van der Waals surface area contributed by atoms with Crippen LogP contribution < -0.4 is 4.72 Å². The lowest BCUT2D eigenvalue weighted by molar-refractivity contribution is 0.481. The van der Waals surface area contributed by atoms with E-state index in [1.807, 2.05) is 24.3 Å². The molecule has 0 atom stereocenters. The summed E-state index contributed by atoms with van der Waals surface area (Å²) in [5.74, 6) is 0.0670. The number of rotatable bonds is 4. The molecular formula is C21H23NO3S. The van der Waals surface area contributed by atoms with Gasteiger partial charge in [-0.05, 0) is 28.7 Å². The van der Waals surface area contributed by atoms with Gasteiger partial charge in [0.2, 0.25) is 10.0 Å². The van der Waals surface area contributed by atoms with Crippen LogP contribution in [0.4, 0.5) is 0 Å². The Morgan fingerprint density at radius 1 is 0.885 bits per heavy atom. The van der Waals surface area contributed by atoms with Crippen LogP contribution in [-0.2, 0) is 22.0 Å². The van der Waals surface area contributed by atoms with E-state index in [0.29, 0.717) is 10.8 Å². The maximum absolute atomic E-state index is 12.8. The zero-order valence-corrected chi connectivity index (χ0v) is 16.0. The number of aromatic hydroxyl groups is 1. The van der Waals surface area contributed by atoms with Crippen LogP contribution in [0.25, 0.3) is 10.8 Å². The molecule has 4 nitrogen and oxygen atoms in total. The van der Waals surface area contributed by atoms with Crippen LogP contribution in [0.15, 0.2) is 65.6 Å². The fourth-order valence-electron chi connectivity index (χ4n) is 2.88. The number of phenols is 1. The summed E-state index contributed by atoms with van der Waals surface area (Å²) >= 11 is 0. The quantitative estimate of drug-likeness (QED) is 0.720. The summed E-state index contributed by atoms with van der Waals surface area (Å²) in [5.41, 5.74) is 2.15. The third-order valence-corrected chi connectivity index (χ3v) is 5.89. The Kier molecular flexibility index (Phi) is 4.78. The van der Waals surface area contributed by atoms with Gasteiger partial charge >= 0.3 is 0 Å². The van der Waals surface area contributed by atoms with Gasteiger partial charge in [0.05, 0.1) is 4.90 Å². The summed E-state index contributed by atoms with van der Waals surface area (Å²) in [6.45, 7) is 6.63. The highest BCUT2D eigenvalue weighted by Crippen LogP contribution is 2.29. The Hall–Kier alpha value is -2.37. The highest BCUT2D eigenvalue weighted by molar-refractivity contribution is 7.89. The average molecular weight is 369 g/mol. The maximum Gasteiger partial charge on any atom is 0.241 e. The minimum Gasteiger partial charge on any atom is -0.507 e. The Morgan fingerprint density at radius 2 is 1.50 bits per heavy atom. The lowest BCUT2D eigenvalue weighted by atomic mass is 9.87. The Balaban J connectivity index is 1.85. The standard InChI is InChI=1S/C21H23NO3S/c1-21(2,3)16-12-10-15(11-13-16)14-22-26(24,25)20-9-5-6-17-18(20)7-4-8-19(17)23/h4-13,22-23H,14H2,1-3H3. The van der Waals surface area contributed by atoms with Crippen molar-refractivity contribution < 1.29 is 13.5 Å². The fraction of sp³-hybridized carbons (Fsp3) is 0.238. The number of benzene rings is 3. The second kappa shape index (κ2) is 6.74. The van der Waals surface area contributed by atoms with E-state index in [1.165, 1.54) is 5.56 Å². The van der Waals surface area contributed by atoms with Gasteiger partial charge in [-0.2, -0.15) is 0 Å². The molecule has 5 heteroatoms. The Labute approximate surface area is 154 Å². The molecule has 0 aliphatic carbocycles. The Bertz CT molecular complexity index is 1030. The molecule has 0 aromatic heterocycles. The van der Waals surface area contributed by atoms with E-state index in [4.69, 9.17) is 0 Å². The van der Waals surface area contributed by atoms with Gasteiger partial charge < -0.3 is 5.11 Å². The zero-order valence-electron chi connectivity index (χ0n) is 15.2. The van der Waals surface area contributed by atoms with E-state index in [9.17, 15) is 13.5 Å². The van der Waals surface area contributed by atoms with Gasteiger partial charge in [0.1, 0.15) is 5.75 Å². The summed E-state index contributed by atoms with van der Waals surface area (Å²) in [5, 5.41) is 11.0. The van der Waals surface area contributed by atoms with Gasteiger partial charge in [-0.3, -0.25) is 0 Å². The molecule has 3 aromatic carbocycles. The van der Waals surface area contributed by atoms with Crippen molar-refractivity contribution in [1.82, 2.24) is 4.72 Å². The van der Waals surface area contributed by atoms with Crippen molar-refractivity contribution in [2.75, 3.05) is 0 Å². The second-order valence-corrected chi connectivity index (χ2v) is 9.14. The summed E-state index contributed by atoms with van der Waals surface area (Å²) < 4.78 is 28.2. The molecule has 0 aliphatic rings. The van der Waals surface area contributed by atoms with E-state index in [-0.39, 0.29) is 22.6 Å². The van der Waals surface area contributed by atoms with Crippen LogP contribution in [0.1, 0.15) is 31.9 Å². The van der Waals surface area contributed by atoms with Crippen LogP contribution in [-0.4, -0.2) is 13.5 Å². The maximum atomic E-state index is 12.8. The van der Waals surface area contributed by atoms with E-state index in [2.05, 4.69) is 25.5 Å². The molecule has 0 heterocycles. The van der Waals surface area contributed by atoms with Gasteiger partial charge in [-0.15, -0.1) is 0 Å². The summed E-state index contributed by atoms with van der Waals surface area (Å²) in [6, 6.07) is 17.7. The second-order valence-electron chi connectivity index (χ2n) is 7.40. The molecule has 2 N–H and O–H groups in total. The number of fused-ring (bicyclic) bond motifs is 1. The van der Waals surface area contributed by atoms with Crippen molar-refractivity contribution in [3.05, 3.63) is 71.8 Å². The minimum atomic E-state index is -3.70. The molecule has 0 bridgehead atoms.